The van der Waals surface area contributed by atoms with Crippen molar-refractivity contribution in [3.63, 3.8) is 0 Å². The van der Waals surface area contributed by atoms with Crippen molar-refractivity contribution >= 4 is 44.6 Å². The number of fused-ring (bicyclic) bond motifs is 4. The zero-order valence-corrected chi connectivity index (χ0v) is 38.1. The third kappa shape index (κ3) is 8.17. The number of hydrogen-bond donors (Lipinski definition) is 0. The Labute approximate surface area is 383 Å². The van der Waals surface area contributed by atoms with Crippen molar-refractivity contribution in [2.24, 2.45) is 5.92 Å². The molecule has 10 rings (SSSR count). The molecule has 0 spiro atoms. The minimum Gasteiger partial charge on any atom is -0.509 e. The molecule has 0 N–H and O–H groups in total. The molecular formula is C56H46FN4OPt-3. The fourth-order valence-electron chi connectivity index (χ4n) is 8.52. The van der Waals surface area contributed by atoms with Gasteiger partial charge in [-0.25, -0.2) is 9.37 Å². The van der Waals surface area contributed by atoms with Crippen LogP contribution >= 0.6 is 0 Å². The number of anilines is 4. The first-order chi connectivity index (χ1) is 30.1. The Hall–Kier alpha value is -6.49. The van der Waals surface area contributed by atoms with Crippen molar-refractivity contribution in [3.05, 3.63) is 200 Å². The molecule has 63 heavy (non-hydrogen) atoms. The van der Waals surface area contributed by atoms with Gasteiger partial charge in [0.05, 0.1) is 0 Å². The van der Waals surface area contributed by atoms with E-state index in [2.05, 4.69) is 183 Å². The van der Waals surface area contributed by atoms with Gasteiger partial charge < -0.3 is 19.1 Å². The average Bonchev–Trinajstić information content (AvgIpc) is 3.83. The minimum atomic E-state index is -0.256. The van der Waals surface area contributed by atoms with Gasteiger partial charge in [0, 0.05) is 66.9 Å². The van der Waals surface area contributed by atoms with Crippen LogP contribution in [0.5, 0.6) is 11.5 Å². The first-order valence-electron chi connectivity index (χ1n) is 21.2. The molecular weight excluding hydrogens is 959 g/mol. The maximum absolute atomic E-state index is 13.9. The van der Waals surface area contributed by atoms with Crippen molar-refractivity contribution in [3.8, 4) is 39.6 Å². The zero-order chi connectivity index (χ0) is 42.5. The van der Waals surface area contributed by atoms with Gasteiger partial charge in [-0.1, -0.05) is 119 Å². The van der Waals surface area contributed by atoms with Gasteiger partial charge in [-0.15, -0.1) is 48.1 Å². The molecule has 3 heterocycles. The fourth-order valence-corrected chi connectivity index (χ4v) is 8.52. The molecule has 0 saturated heterocycles. The number of pyridine rings is 1. The topological polar surface area (TPSA) is 33.5 Å². The van der Waals surface area contributed by atoms with Crippen LogP contribution in [0.3, 0.4) is 0 Å². The van der Waals surface area contributed by atoms with E-state index >= 15 is 0 Å². The van der Waals surface area contributed by atoms with Gasteiger partial charge in [0.15, 0.2) is 0 Å². The number of nitrogens with zero attached hydrogens (tertiary/aromatic N) is 4. The minimum absolute atomic E-state index is 0. The number of ether oxygens (including phenoxy) is 1. The normalized spacial score (nSPS) is 12.6. The molecule has 0 aliphatic carbocycles. The number of halogens is 1. The molecule has 7 heteroatoms. The van der Waals surface area contributed by atoms with E-state index in [1.54, 1.807) is 0 Å². The number of benzene rings is 7. The van der Waals surface area contributed by atoms with Crippen molar-refractivity contribution < 1.29 is 30.2 Å². The number of aromatic nitrogens is 2. The summed E-state index contributed by atoms with van der Waals surface area (Å²) in [7, 11) is 0. The van der Waals surface area contributed by atoms with Crippen molar-refractivity contribution in [2.75, 3.05) is 9.80 Å². The van der Waals surface area contributed by atoms with Gasteiger partial charge in [-0.3, -0.25) is 0 Å². The van der Waals surface area contributed by atoms with Gasteiger partial charge in [0.2, 0.25) is 0 Å². The Kier molecular flexibility index (Phi) is 11.3. The second-order valence-corrected chi connectivity index (χ2v) is 17.5. The number of rotatable bonds is 9. The standard InChI is InChI=1S/C56H46FN4O.Pt/c1-37(2)28-41-31-55(58-35-50(41)39-22-24-43(57)25-23-39)61-51-19-10-9-18-48(51)49-27-26-47(34-54(49)61)62-46-17-13-16-44(33-46)59-36-60(53-21-12-11-20-52(53)59)45-30-40(38-14-7-6-8-15-38)29-42(32-45)56(3,4)5;/h6-27,29-32,35-37H,28H2,1-5H3;/q-3;. The number of hydrogen-bond acceptors (Lipinski definition) is 4. The molecule has 0 radical (unpaired) electrons. The van der Waals surface area contributed by atoms with Crippen LogP contribution in [0.15, 0.2) is 164 Å². The van der Waals surface area contributed by atoms with Crippen LogP contribution in [0.25, 0.3) is 49.9 Å². The predicted molar refractivity (Wildman–Crippen MR) is 252 cm³/mol. The summed E-state index contributed by atoms with van der Waals surface area (Å²) in [5.41, 5.74) is 12.6. The molecule has 2 aromatic heterocycles. The molecule has 316 valence electrons. The quantitative estimate of drug-likeness (QED) is 0.135. The molecule has 7 aromatic carbocycles. The van der Waals surface area contributed by atoms with Crippen LogP contribution in [0.4, 0.5) is 27.1 Å². The molecule has 0 unspecified atom stereocenters. The average molecular weight is 1010 g/mol. The Balaban J connectivity index is 0.00000504. The Morgan fingerprint density at radius 1 is 0.667 bits per heavy atom. The summed E-state index contributed by atoms with van der Waals surface area (Å²) in [6.07, 6.45) is 2.76. The molecule has 0 amide bonds. The molecule has 0 saturated carbocycles. The zero-order valence-electron chi connectivity index (χ0n) is 35.8. The SMILES string of the molecule is CC(C)Cc1cc(-n2c3[c-]c(Oc4[c-]c(N5[CH-]N(c6cc(-c7ccccc7)cc(C(C)(C)C)c6)c6ccccc65)ccc4)ccc3c3ccccc32)ncc1-c1ccc(F)cc1.[Pt]. The summed E-state index contributed by atoms with van der Waals surface area (Å²) in [6, 6.07) is 60.4. The van der Waals surface area contributed by atoms with Crippen LogP contribution in [0, 0.1) is 30.5 Å². The van der Waals surface area contributed by atoms with Crippen LogP contribution < -0.4 is 14.5 Å². The van der Waals surface area contributed by atoms with Crippen molar-refractivity contribution in [1.82, 2.24) is 9.55 Å². The smallest absolute Gasteiger partial charge is 0.135 e. The largest absolute Gasteiger partial charge is 0.509 e. The predicted octanol–water partition coefficient (Wildman–Crippen LogP) is 14.9. The third-order valence-corrected chi connectivity index (χ3v) is 11.6. The van der Waals surface area contributed by atoms with E-state index in [0.29, 0.717) is 17.4 Å². The van der Waals surface area contributed by atoms with Gasteiger partial charge in [-0.05, 0) is 99.5 Å². The summed E-state index contributed by atoms with van der Waals surface area (Å²) in [5.74, 6) is 2.08. The summed E-state index contributed by atoms with van der Waals surface area (Å²) in [5, 5.41) is 2.15. The van der Waals surface area contributed by atoms with E-state index in [1.165, 1.54) is 28.8 Å². The summed E-state index contributed by atoms with van der Waals surface area (Å²) in [4.78, 5) is 9.48. The Morgan fingerprint density at radius 3 is 2.14 bits per heavy atom. The van der Waals surface area contributed by atoms with Crippen LogP contribution in [-0.2, 0) is 32.9 Å². The molecule has 5 nitrogen and oxygen atoms in total. The van der Waals surface area contributed by atoms with Gasteiger partial charge >= 0.3 is 0 Å². The third-order valence-electron chi connectivity index (χ3n) is 11.6. The van der Waals surface area contributed by atoms with E-state index in [9.17, 15) is 4.39 Å². The molecule has 1 aliphatic heterocycles. The van der Waals surface area contributed by atoms with Crippen molar-refractivity contribution in [2.45, 2.75) is 46.5 Å². The van der Waals surface area contributed by atoms with E-state index in [-0.39, 0.29) is 32.3 Å². The van der Waals surface area contributed by atoms with Gasteiger partial charge in [0.25, 0.3) is 0 Å². The van der Waals surface area contributed by atoms with Gasteiger partial charge in [-0.2, -0.15) is 12.1 Å². The van der Waals surface area contributed by atoms with Crippen LogP contribution in [0.1, 0.15) is 45.7 Å². The Morgan fingerprint density at radius 2 is 1.38 bits per heavy atom. The maximum Gasteiger partial charge on any atom is 0.135 e. The second kappa shape index (κ2) is 17.0. The molecule has 0 bridgehead atoms. The second-order valence-electron chi connectivity index (χ2n) is 17.5. The van der Waals surface area contributed by atoms with Crippen LogP contribution in [0.2, 0.25) is 0 Å². The molecule has 0 atom stereocenters. The van der Waals surface area contributed by atoms with Gasteiger partial charge in [0.1, 0.15) is 11.6 Å². The summed E-state index contributed by atoms with van der Waals surface area (Å²) < 4.78 is 22.7. The van der Waals surface area contributed by atoms with E-state index < -0.39 is 0 Å². The maximum atomic E-state index is 13.9. The first-order valence-corrected chi connectivity index (χ1v) is 21.2. The summed E-state index contributed by atoms with van der Waals surface area (Å²) >= 11 is 0. The number of para-hydroxylation sites is 3. The molecule has 9 aromatic rings. The monoisotopic (exact) mass is 1000 g/mol. The fraction of sp³-hybridized carbons (Fsp3) is 0.143. The first kappa shape index (κ1) is 41.8. The van der Waals surface area contributed by atoms with E-state index in [4.69, 9.17) is 9.72 Å². The van der Waals surface area contributed by atoms with E-state index in [1.807, 2.05) is 36.5 Å². The molecule has 1 aliphatic rings. The Bertz CT molecular complexity index is 3100. The van der Waals surface area contributed by atoms with E-state index in [0.717, 1.165) is 73.5 Å². The van der Waals surface area contributed by atoms with Crippen LogP contribution in [-0.4, -0.2) is 9.55 Å². The summed E-state index contributed by atoms with van der Waals surface area (Å²) in [6.45, 7) is 13.4. The van der Waals surface area contributed by atoms with Crippen molar-refractivity contribution in [1.29, 1.82) is 0 Å². The molecule has 0 fully saturated rings.